The summed E-state index contributed by atoms with van der Waals surface area (Å²) in [5, 5.41) is 17.2. The third-order valence-corrected chi connectivity index (χ3v) is 7.39. The molecule has 0 saturated carbocycles. The molecule has 2 fully saturated rings. The van der Waals surface area contributed by atoms with Gasteiger partial charge in [0.1, 0.15) is 24.2 Å². The van der Waals surface area contributed by atoms with E-state index in [9.17, 15) is 24.0 Å². The fraction of sp³-hybridized carbons (Fsp3) is 0.607. The number of hydroxylamine groups is 1. The number of hydrogen-bond acceptors (Lipinski definition) is 6. The van der Waals surface area contributed by atoms with Crippen LogP contribution >= 0.6 is 0 Å². The molecule has 0 bridgehead atoms. The third kappa shape index (κ3) is 8.51. The van der Waals surface area contributed by atoms with Gasteiger partial charge in [-0.2, -0.15) is 0 Å². The minimum atomic E-state index is -0.931. The van der Waals surface area contributed by atoms with E-state index in [1.807, 2.05) is 44.2 Å². The molecule has 3 rings (SSSR count). The summed E-state index contributed by atoms with van der Waals surface area (Å²) in [4.78, 5) is 66.5. The average Bonchev–Trinajstić information content (AvgIpc) is 3.42. The smallest absolute Gasteiger partial charge is 0.246 e. The van der Waals surface area contributed by atoms with E-state index in [1.54, 1.807) is 5.48 Å². The van der Waals surface area contributed by atoms with Crippen molar-refractivity contribution in [3.8, 4) is 0 Å². The van der Waals surface area contributed by atoms with Crippen molar-refractivity contribution in [2.75, 3.05) is 6.54 Å². The molecule has 1 aromatic rings. The molecule has 11 heteroatoms. The molecule has 2 aliphatic heterocycles. The Morgan fingerprint density at radius 2 is 1.62 bits per heavy atom. The van der Waals surface area contributed by atoms with Crippen LogP contribution in [0.25, 0.3) is 0 Å². The molecule has 214 valence electrons. The molecule has 0 radical (unpaired) electrons. The molecule has 4 atom stereocenters. The summed E-state index contributed by atoms with van der Waals surface area (Å²) in [5.41, 5.74) is 2.46. The van der Waals surface area contributed by atoms with Gasteiger partial charge in [0.2, 0.25) is 29.5 Å². The van der Waals surface area contributed by atoms with E-state index in [-0.39, 0.29) is 30.6 Å². The van der Waals surface area contributed by atoms with Gasteiger partial charge in [0.05, 0.1) is 0 Å². The molecule has 0 aromatic heterocycles. The van der Waals surface area contributed by atoms with Crippen molar-refractivity contribution in [2.24, 2.45) is 5.92 Å². The Labute approximate surface area is 229 Å². The predicted octanol–water partition coefficient (Wildman–Crippen LogP) is 1.19. The topological polar surface area (TPSA) is 157 Å². The number of carbonyl (C=O) groups excluding carboxylic acids is 5. The number of nitrogens with zero attached hydrogens (tertiary/aromatic N) is 1. The van der Waals surface area contributed by atoms with Crippen LogP contribution in [-0.2, 0) is 30.4 Å². The molecule has 2 heterocycles. The molecule has 0 spiro atoms. The third-order valence-electron chi connectivity index (χ3n) is 7.39. The van der Waals surface area contributed by atoms with Crippen LogP contribution in [0.5, 0.6) is 0 Å². The first kappa shape index (κ1) is 30.1. The SMILES string of the molecule is CC(C)C1NC(=O)C(Cc2ccccc2)NC(=O)C(CCCCCCC(=O)NO)NC(=O)C2CCCN2C1=O. The molecule has 4 unspecified atom stereocenters. The first-order valence-electron chi connectivity index (χ1n) is 13.9. The standard InChI is InChI=1S/C28H41N5O6/c1-18(2)24-28(38)33-16-10-14-22(33)27(37)29-20(13-8-3-4-9-15-23(34)32-39)25(35)30-21(26(36)31-24)17-19-11-6-5-7-12-19/h5-7,11-12,18,20-22,24,39H,3-4,8-10,13-17H2,1-2H3,(H,29,37)(H,30,35)(H,31,36)(H,32,34). The monoisotopic (exact) mass is 543 g/mol. The summed E-state index contributed by atoms with van der Waals surface area (Å²) in [6, 6.07) is 5.99. The number of benzene rings is 1. The highest BCUT2D eigenvalue weighted by molar-refractivity contribution is 5.98. The van der Waals surface area contributed by atoms with Crippen molar-refractivity contribution in [1.29, 1.82) is 0 Å². The Morgan fingerprint density at radius 3 is 2.31 bits per heavy atom. The van der Waals surface area contributed by atoms with E-state index in [4.69, 9.17) is 5.21 Å². The lowest BCUT2D eigenvalue weighted by Gasteiger charge is -2.33. The molecule has 5 amide bonds. The van der Waals surface area contributed by atoms with Crippen molar-refractivity contribution >= 4 is 29.5 Å². The van der Waals surface area contributed by atoms with Crippen LogP contribution in [0.3, 0.4) is 0 Å². The first-order valence-corrected chi connectivity index (χ1v) is 13.9. The van der Waals surface area contributed by atoms with Gasteiger partial charge in [-0.05, 0) is 37.2 Å². The summed E-state index contributed by atoms with van der Waals surface area (Å²) in [5.74, 6) is -2.20. The van der Waals surface area contributed by atoms with Gasteiger partial charge in [0.15, 0.2) is 0 Å². The van der Waals surface area contributed by atoms with Gasteiger partial charge < -0.3 is 20.9 Å². The lowest BCUT2D eigenvalue weighted by molar-refractivity contribution is -0.144. The molecule has 5 N–H and O–H groups in total. The van der Waals surface area contributed by atoms with E-state index in [1.165, 1.54) is 4.90 Å². The van der Waals surface area contributed by atoms with Crippen LogP contribution in [0, 0.1) is 5.92 Å². The number of carbonyl (C=O) groups is 5. The Bertz CT molecular complexity index is 1020. The van der Waals surface area contributed by atoms with Crippen LogP contribution in [0.1, 0.15) is 70.8 Å². The fourth-order valence-corrected chi connectivity index (χ4v) is 5.16. The Morgan fingerprint density at radius 1 is 0.949 bits per heavy atom. The maximum atomic E-state index is 13.5. The van der Waals surface area contributed by atoms with Gasteiger partial charge in [0, 0.05) is 19.4 Å². The molecule has 0 aliphatic carbocycles. The van der Waals surface area contributed by atoms with Crippen molar-refractivity contribution in [3.63, 3.8) is 0 Å². The molecule has 2 aliphatic rings. The Hall–Kier alpha value is -3.47. The van der Waals surface area contributed by atoms with Crippen LogP contribution < -0.4 is 21.4 Å². The maximum Gasteiger partial charge on any atom is 0.246 e. The lowest BCUT2D eigenvalue weighted by Crippen LogP contribution is -2.62. The molecular weight excluding hydrogens is 502 g/mol. The highest BCUT2D eigenvalue weighted by atomic mass is 16.5. The first-order chi connectivity index (χ1) is 18.7. The van der Waals surface area contributed by atoms with Crippen molar-refractivity contribution in [3.05, 3.63) is 35.9 Å². The van der Waals surface area contributed by atoms with Crippen molar-refractivity contribution < 1.29 is 29.2 Å². The zero-order valence-corrected chi connectivity index (χ0v) is 22.8. The van der Waals surface area contributed by atoms with E-state index < -0.39 is 41.9 Å². The van der Waals surface area contributed by atoms with Crippen LogP contribution in [0.4, 0.5) is 0 Å². The quantitative estimate of drug-likeness (QED) is 0.170. The van der Waals surface area contributed by atoms with E-state index >= 15 is 0 Å². The van der Waals surface area contributed by atoms with Crippen LogP contribution in [-0.4, -0.2) is 70.4 Å². The van der Waals surface area contributed by atoms with Gasteiger partial charge in [-0.25, -0.2) is 5.48 Å². The van der Waals surface area contributed by atoms with Crippen LogP contribution in [0.2, 0.25) is 0 Å². The minimum Gasteiger partial charge on any atom is -0.343 e. The van der Waals surface area contributed by atoms with Gasteiger partial charge in [-0.3, -0.25) is 29.2 Å². The summed E-state index contributed by atoms with van der Waals surface area (Å²) in [7, 11) is 0. The van der Waals surface area contributed by atoms with E-state index in [0.29, 0.717) is 38.6 Å². The maximum absolute atomic E-state index is 13.5. The zero-order chi connectivity index (χ0) is 28.4. The second-order valence-corrected chi connectivity index (χ2v) is 10.7. The zero-order valence-electron chi connectivity index (χ0n) is 22.8. The molecule has 1 aromatic carbocycles. The van der Waals surface area contributed by atoms with Gasteiger partial charge in [0.25, 0.3) is 0 Å². The normalized spacial score (nSPS) is 24.3. The predicted molar refractivity (Wildman–Crippen MR) is 143 cm³/mol. The number of nitrogens with one attached hydrogen (secondary N) is 4. The molecule has 39 heavy (non-hydrogen) atoms. The number of rotatable bonds is 10. The number of fused-ring (bicyclic) bond motifs is 1. The summed E-state index contributed by atoms with van der Waals surface area (Å²) < 4.78 is 0. The second kappa shape index (κ2) is 14.6. The van der Waals surface area contributed by atoms with E-state index in [0.717, 1.165) is 18.4 Å². The average molecular weight is 544 g/mol. The largest absolute Gasteiger partial charge is 0.343 e. The minimum absolute atomic E-state index is 0.205. The van der Waals surface area contributed by atoms with Gasteiger partial charge in [-0.15, -0.1) is 0 Å². The van der Waals surface area contributed by atoms with Crippen LogP contribution in [0.15, 0.2) is 30.3 Å². The molecular formula is C28H41N5O6. The molecule has 11 nitrogen and oxygen atoms in total. The number of unbranched alkanes of at least 4 members (excludes halogenated alkanes) is 3. The summed E-state index contributed by atoms with van der Waals surface area (Å²) in [6.45, 7) is 4.11. The number of hydrogen-bond donors (Lipinski definition) is 5. The fourth-order valence-electron chi connectivity index (χ4n) is 5.16. The summed E-state index contributed by atoms with van der Waals surface area (Å²) in [6.07, 6.45) is 4.58. The van der Waals surface area contributed by atoms with Crippen molar-refractivity contribution in [1.82, 2.24) is 26.3 Å². The van der Waals surface area contributed by atoms with E-state index in [2.05, 4.69) is 16.0 Å². The van der Waals surface area contributed by atoms with Gasteiger partial charge >= 0.3 is 0 Å². The van der Waals surface area contributed by atoms with Gasteiger partial charge in [-0.1, -0.05) is 63.4 Å². The number of amides is 5. The van der Waals surface area contributed by atoms with Crippen molar-refractivity contribution in [2.45, 2.75) is 95.8 Å². The lowest BCUT2D eigenvalue weighted by atomic mass is 9.98. The second-order valence-electron chi connectivity index (χ2n) is 10.7. The Kier molecular flexibility index (Phi) is 11.3. The molecule has 2 saturated heterocycles. The highest BCUT2D eigenvalue weighted by Crippen LogP contribution is 2.22. The summed E-state index contributed by atoms with van der Waals surface area (Å²) >= 11 is 0. The Balaban J connectivity index is 1.80. The highest BCUT2D eigenvalue weighted by Gasteiger charge is 2.41.